The second-order valence-corrected chi connectivity index (χ2v) is 8.49. The van der Waals surface area contributed by atoms with Gasteiger partial charge in [-0.15, -0.1) is 0 Å². The van der Waals surface area contributed by atoms with Gasteiger partial charge >= 0.3 is 6.03 Å². The van der Waals surface area contributed by atoms with E-state index in [1.165, 1.54) is 6.92 Å². The Morgan fingerprint density at radius 1 is 1.15 bits per heavy atom. The minimum atomic E-state index is -0.415. The summed E-state index contributed by atoms with van der Waals surface area (Å²) in [6.45, 7) is 11.6. The zero-order valence-corrected chi connectivity index (χ0v) is 16.7. The molecule has 2 N–H and O–H groups in total. The first-order valence-electron chi connectivity index (χ1n) is 9.81. The SMILES string of the molecule is CC(=O)N[C@H]1C[C@H]2CN(C(=O)NCCC(C)C)[C@@H](CC(C)C)C(=O)N2C1. The number of nitrogens with zero attached hydrogens (tertiary/aromatic N) is 2. The molecule has 0 aliphatic carbocycles. The first-order chi connectivity index (χ1) is 12.2. The van der Waals surface area contributed by atoms with E-state index in [2.05, 4.69) is 38.3 Å². The third-order valence-corrected chi connectivity index (χ3v) is 5.13. The normalized spacial score (nSPS) is 25.7. The molecule has 2 rings (SSSR count). The van der Waals surface area contributed by atoms with Gasteiger partial charge in [0.15, 0.2) is 0 Å². The van der Waals surface area contributed by atoms with E-state index >= 15 is 0 Å². The highest BCUT2D eigenvalue weighted by Gasteiger charge is 2.47. The lowest BCUT2D eigenvalue weighted by atomic mass is 9.97. The van der Waals surface area contributed by atoms with Gasteiger partial charge in [-0.1, -0.05) is 27.7 Å². The van der Waals surface area contributed by atoms with Crippen LogP contribution in [-0.4, -0.2) is 65.4 Å². The van der Waals surface area contributed by atoms with Crippen LogP contribution in [0.1, 0.15) is 53.9 Å². The van der Waals surface area contributed by atoms with Crippen LogP contribution in [0, 0.1) is 11.8 Å². The second kappa shape index (κ2) is 8.73. The number of carbonyl (C=O) groups is 3. The Balaban J connectivity index is 2.09. The average molecular weight is 367 g/mol. The first-order valence-corrected chi connectivity index (χ1v) is 9.81. The molecule has 0 aromatic carbocycles. The maximum absolute atomic E-state index is 13.1. The molecule has 0 unspecified atom stereocenters. The molecule has 2 fully saturated rings. The van der Waals surface area contributed by atoms with Crippen LogP contribution in [0.25, 0.3) is 0 Å². The smallest absolute Gasteiger partial charge is 0.318 e. The zero-order chi connectivity index (χ0) is 19.4. The minimum Gasteiger partial charge on any atom is -0.352 e. The molecule has 7 heteroatoms. The molecule has 2 heterocycles. The van der Waals surface area contributed by atoms with Crippen molar-refractivity contribution in [1.82, 2.24) is 20.4 Å². The lowest BCUT2D eigenvalue weighted by molar-refractivity contribution is -0.142. The van der Waals surface area contributed by atoms with Crippen molar-refractivity contribution in [3.63, 3.8) is 0 Å². The summed E-state index contributed by atoms with van der Waals surface area (Å²) >= 11 is 0. The standard InChI is InChI=1S/C19H34N4O3/c1-12(2)6-7-20-19(26)23-11-16-9-15(21-14(5)24)10-22(16)18(25)17(23)8-13(3)4/h12-13,15-17H,6-11H2,1-5H3,(H,20,26)(H,21,24)/t15-,16-,17-/m0/s1. The third kappa shape index (κ3) is 5.11. The second-order valence-electron chi connectivity index (χ2n) is 8.49. The molecule has 2 aliphatic rings. The maximum Gasteiger partial charge on any atom is 0.318 e. The summed E-state index contributed by atoms with van der Waals surface area (Å²) < 4.78 is 0. The van der Waals surface area contributed by atoms with Crippen molar-refractivity contribution in [1.29, 1.82) is 0 Å². The highest BCUT2D eigenvalue weighted by atomic mass is 16.2. The van der Waals surface area contributed by atoms with Crippen molar-refractivity contribution in [2.75, 3.05) is 19.6 Å². The number of rotatable bonds is 6. The summed E-state index contributed by atoms with van der Waals surface area (Å²) in [5, 5.41) is 5.89. The predicted octanol–water partition coefficient (Wildman–Crippen LogP) is 1.58. The van der Waals surface area contributed by atoms with Crippen molar-refractivity contribution in [3.8, 4) is 0 Å². The summed E-state index contributed by atoms with van der Waals surface area (Å²) in [5.74, 6) is 0.778. The first kappa shape index (κ1) is 20.5. The van der Waals surface area contributed by atoms with Crippen LogP contribution < -0.4 is 10.6 Å². The molecular weight excluding hydrogens is 332 g/mol. The largest absolute Gasteiger partial charge is 0.352 e. The number of carbonyl (C=O) groups excluding carboxylic acids is 3. The van der Waals surface area contributed by atoms with Gasteiger partial charge in [0.2, 0.25) is 11.8 Å². The molecule has 0 aromatic heterocycles. The van der Waals surface area contributed by atoms with Crippen LogP contribution in [0.4, 0.5) is 4.79 Å². The fourth-order valence-electron chi connectivity index (χ4n) is 3.90. The van der Waals surface area contributed by atoms with Gasteiger partial charge in [-0.25, -0.2) is 4.79 Å². The van der Waals surface area contributed by atoms with E-state index < -0.39 is 6.04 Å². The summed E-state index contributed by atoms with van der Waals surface area (Å²) in [6, 6.07) is -0.600. The van der Waals surface area contributed by atoms with Crippen molar-refractivity contribution in [3.05, 3.63) is 0 Å². The molecule has 0 aromatic rings. The Morgan fingerprint density at radius 3 is 2.42 bits per heavy atom. The Hall–Kier alpha value is -1.79. The fourth-order valence-corrected chi connectivity index (χ4v) is 3.90. The minimum absolute atomic E-state index is 0.0152. The van der Waals surface area contributed by atoms with Gasteiger partial charge in [-0.05, 0) is 31.1 Å². The quantitative estimate of drug-likeness (QED) is 0.749. The van der Waals surface area contributed by atoms with E-state index in [1.807, 2.05) is 4.90 Å². The van der Waals surface area contributed by atoms with Gasteiger partial charge in [0.25, 0.3) is 0 Å². The number of nitrogens with one attached hydrogen (secondary N) is 2. The highest BCUT2D eigenvalue weighted by Crippen LogP contribution is 2.29. The van der Waals surface area contributed by atoms with E-state index in [1.54, 1.807) is 4.90 Å². The molecule has 148 valence electrons. The Labute approximate surface area is 156 Å². The Bertz CT molecular complexity index is 535. The summed E-state index contributed by atoms with van der Waals surface area (Å²) in [6.07, 6.45) is 2.28. The lowest BCUT2D eigenvalue weighted by Gasteiger charge is -2.43. The number of urea groups is 1. The lowest BCUT2D eigenvalue weighted by Crippen LogP contribution is -2.63. The topological polar surface area (TPSA) is 81.8 Å². The monoisotopic (exact) mass is 366 g/mol. The van der Waals surface area contributed by atoms with Gasteiger partial charge in [0, 0.05) is 32.6 Å². The van der Waals surface area contributed by atoms with Gasteiger partial charge < -0.3 is 20.4 Å². The van der Waals surface area contributed by atoms with E-state index in [0.717, 1.165) is 6.42 Å². The molecule has 0 bridgehead atoms. The predicted molar refractivity (Wildman–Crippen MR) is 101 cm³/mol. The number of hydrogen-bond acceptors (Lipinski definition) is 3. The van der Waals surface area contributed by atoms with Gasteiger partial charge in [0.05, 0.1) is 6.04 Å². The molecule has 4 amide bonds. The molecule has 3 atom stereocenters. The van der Waals surface area contributed by atoms with Gasteiger partial charge in [-0.2, -0.15) is 0 Å². The molecule has 0 saturated carbocycles. The number of hydrogen-bond donors (Lipinski definition) is 2. The molecular formula is C19H34N4O3. The average Bonchev–Trinajstić information content (AvgIpc) is 2.91. The van der Waals surface area contributed by atoms with Crippen molar-refractivity contribution >= 4 is 17.8 Å². The summed E-state index contributed by atoms with van der Waals surface area (Å²) in [7, 11) is 0. The van der Waals surface area contributed by atoms with E-state index in [-0.39, 0.29) is 29.9 Å². The summed E-state index contributed by atoms with van der Waals surface area (Å²) in [5.41, 5.74) is 0. The van der Waals surface area contributed by atoms with Gasteiger partial charge in [0.1, 0.15) is 6.04 Å². The highest BCUT2D eigenvalue weighted by molar-refractivity contribution is 5.89. The van der Waals surface area contributed by atoms with Crippen LogP contribution in [0.2, 0.25) is 0 Å². The number of amides is 4. The van der Waals surface area contributed by atoms with E-state index in [9.17, 15) is 14.4 Å². The summed E-state index contributed by atoms with van der Waals surface area (Å²) in [4.78, 5) is 40.7. The molecule has 26 heavy (non-hydrogen) atoms. The maximum atomic E-state index is 13.1. The Kier molecular flexibility index (Phi) is 6.89. The van der Waals surface area contributed by atoms with Crippen molar-refractivity contribution < 1.29 is 14.4 Å². The molecule has 0 radical (unpaired) electrons. The van der Waals surface area contributed by atoms with E-state index in [4.69, 9.17) is 0 Å². The fraction of sp³-hybridized carbons (Fsp3) is 0.842. The molecule has 7 nitrogen and oxygen atoms in total. The number of fused-ring (bicyclic) bond motifs is 1. The van der Waals surface area contributed by atoms with Crippen LogP contribution in [0.5, 0.6) is 0 Å². The van der Waals surface area contributed by atoms with Crippen LogP contribution >= 0.6 is 0 Å². The third-order valence-electron chi connectivity index (χ3n) is 5.13. The van der Waals surface area contributed by atoms with Crippen LogP contribution in [0.15, 0.2) is 0 Å². The van der Waals surface area contributed by atoms with Gasteiger partial charge in [-0.3, -0.25) is 9.59 Å². The Morgan fingerprint density at radius 2 is 1.85 bits per heavy atom. The molecule has 0 spiro atoms. The zero-order valence-electron chi connectivity index (χ0n) is 16.7. The van der Waals surface area contributed by atoms with Crippen molar-refractivity contribution in [2.45, 2.75) is 72.0 Å². The van der Waals surface area contributed by atoms with Crippen LogP contribution in [-0.2, 0) is 9.59 Å². The number of piperazine rings is 1. The molecule has 2 aliphatic heterocycles. The van der Waals surface area contributed by atoms with E-state index in [0.29, 0.717) is 44.3 Å². The molecule has 2 saturated heterocycles. The van der Waals surface area contributed by atoms with Crippen molar-refractivity contribution in [2.24, 2.45) is 11.8 Å². The van der Waals surface area contributed by atoms with Crippen LogP contribution in [0.3, 0.4) is 0 Å².